The van der Waals surface area contributed by atoms with Gasteiger partial charge in [-0.2, -0.15) is 0 Å². The van der Waals surface area contributed by atoms with E-state index >= 15 is 0 Å². The minimum absolute atomic E-state index is 0.0423. The summed E-state index contributed by atoms with van der Waals surface area (Å²) in [7, 11) is 0. The second-order valence-corrected chi connectivity index (χ2v) is 7.59. The number of benzene rings is 1. The molecule has 0 N–H and O–H groups in total. The third-order valence-corrected chi connectivity index (χ3v) is 4.98. The summed E-state index contributed by atoms with van der Waals surface area (Å²) in [6.07, 6.45) is 8.42. The molecule has 140 valence electrons. The van der Waals surface area contributed by atoms with Crippen molar-refractivity contribution in [3.63, 3.8) is 0 Å². The van der Waals surface area contributed by atoms with Crippen molar-refractivity contribution in [2.75, 3.05) is 6.79 Å². The van der Waals surface area contributed by atoms with E-state index in [1.165, 1.54) is 5.56 Å². The third-order valence-electron chi connectivity index (χ3n) is 4.98. The summed E-state index contributed by atoms with van der Waals surface area (Å²) in [4.78, 5) is 13.4. The summed E-state index contributed by atoms with van der Waals surface area (Å²) in [5.41, 5.74) is 3.25. The van der Waals surface area contributed by atoms with E-state index in [1.54, 1.807) is 12.5 Å². The van der Waals surface area contributed by atoms with Crippen molar-refractivity contribution >= 4 is 0 Å². The molecule has 6 heteroatoms. The van der Waals surface area contributed by atoms with Crippen LogP contribution in [0.15, 0.2) is 43.0 Å². The van der Waals surface area contributed by atoms with E-state index in [0.717, 1.165) is 42.1 Å². The molecule has 1 aromatic carbocycles. The highest BCUT2D eigenvalue weighted by Crippen LogP contribution is 2.34. The molecule has 27 heavy (non-hydrogen) atoms. The number of nitrogens with zero attached hydrogens (tertiary/aromatic N) is 4. The topological polar surface area (TPSA) is 62.1 Å². The molecule has 3 heterocycles. The molecule has 0 saturated heterocycles. The molecule has 6 nitrogen and oxygen atoms in total. The van der Waals surface area contributed by atoms with Crippen molar-refractivity contribution in [3.8, 4) is 17.4 Å². The summed E-state index contributed by atoms with van der Waals surface area (Å²) in [5, 5.41) is 0. The number of hydrogen-bond donors (Lipinski definition) is 0. The van der Waals surface area contributed by atoms with Crippen molar-refractivity contribution in [2.24, 2.45) is 0 Å². The molecule has 0 fully saturated rings. The minimum atomic E-state index is -0.0423. The van der Waals surface area contributed by atoms with Crippen molar-refractivity contribution in [3.05, 3.63) is 59.9 Å². The first-order chi connectivity index (χ1) is 13.0. The van der Waals surface area contributed by atoms with Gasteiger partial charge >= 0.3 is 0 Å². The zero-order valence-corrected chi connectivity index (χ0v) is 16.0. The van der Waals surface area contributed by atoms with Crippen LogP contribution in [0.2, 0.25) is 0 Å². The lowest BCUT2D eigenvalue weighted by atomic mass is 9.83. The van der Waals surface area contributed by atoms with Crippen LogP contribution in [0.5, 0.6) is 11.5 Å². The van der Waals surface area contributed by atoms with E-state index in [-0.39, 0.29) is 5.41 Å². The number of rotatable bonds is 6. The fraction of sp³-hybridized carbons (Fsp3) is 0.381. The first-order valence-electron chi connectivity index (χ1n) is 9.24. The number of hydrogen-bond acceptors (Lipinski definition) is 5. The Bertz CT molecular complexity index is 935. The maximum atomic E-state index is 5.47. The van der Waals surface area contributed by atoms with Gasteiger partial charge in [-0.15, -0.1) is 0 Å². The SMILES string of the molecule is Cc1cc(C(C)(C)CCCc2ccc3c(c2)OCO3)nc(-n2ccnc2)n1. The van der Waals surface area contributed by atoms with E-state index in [4.69, 9.17) is 14.5 Å². The van der Waals surface area contributed by atoms with Gasteiger partial charge in [0.1, 0.15) is 6.33 Å². The molecule has 0 amide bonds. The smallest absolute Gasteiger partial charge is 0.235 e. The highest BCUT2D eigenvalue weighted by atomic mass is 16.7. The van der Waals surface area contributed by atoms with Crippen LogP contribution in [-0.2, 0) is 11.8 Å². The standard InChI is InChI=1S/C21H24N4O2/c1-15-11-19(24-20(23-15)25-10-9-22-13-25)21(2,3)8-4-5-16-6-7-17-18(12-16)27-14-26-17/h6-7,9-13H,4-5,8,14H2,1-3H3. The van der Waals surface area contributed by atoms with Crippen molar-refractivity contribution in [1.29, 1.82) is 0 Å². The average Bonchev–Trinajstić information content (AvgIpc) is 3.32. The Hall–Kier alpha value is -2.89. The number of aryl methyl sites for hydroxylation is 2. The second-order valence-electron chi connectivity index (χ2n) is 7.59. The molecular weight excluding hydrogens is 340 g/mol. The Balaban J connectivity index is 1.45. The Morgan fingerprint density at radius 2 is 1.96 bits per heavy atom. The highest BCUT2D eigenvalue weighted by molar-refractivity contribution is 5.44. The Labute approximate surface area is 159 Å². The molecule has 1 aliphatic rings. The van der Waals surface area contributed by atoms with Crippen LogP contribution in [0.1, 0.15) is 43.6 Å². The lowest BCUT2D eigenvalue weighted by Gasteiger charge is -2.25. The second kappa shape index (κ2) is 7.02. The van der Waals surface area contributed by atoms with Gasteiger partial charge < -0.3 is 9.47 Å². The van der Waals surface area contributed by atoms with Gasteiger partial charge in [-0.3, -0.25) is 4.57 Å². The third kappa shape index (κ3) is 3.79. The van der Waals surface area contributed by atoms with Gasteiger partial charge in [0.15, 0.2) is 11.5 Å². The maximum Gasteiger partial charge on any atom is 0.235 e. The van der Waals surface area contributed by atoms with E-state index in [1.807, 2.05) is 23.8 Å². The van der Waals surface area contributed by atoms with Gasteiger partial charge in [0.25, 0.3) is 0 Å². The average molecular weight is 364 g/mol. The Kier molecular flexibility index (Phi) is 4.56. The molecule has 0 radical (unpaired) electrons. The van der Waals surface area contributed by atoms with Gasteiger partial charge in [-0.05, 0) is 49.9 Å². The van der Waals surface area contributed by atoms with Crippen molar-refractivity contribution < 1.29 is 9.47 Å². The van der Waals surface area contributed by atoms with E-state index in [9.17, 15) is 0 Å². The van der Waals surface area contributed by atoms with Crippen molar-refractivity contribution in [2.45, 2.75) is 45.4 Å². The summed E-state index contributed by atoms with van der Waals surface area (Å²) < 4.78 is 12.7. The van der Waals surface area contributed by atoms with Crippen molar-refractivity contribution in [1.82, 2.24) is 19.5 Å². The predicted molar refractivity (Wildman–Crippen MR) is 102 cm³/mol. The van der Waals surface area contributed by atoms with E-state index < -0.39 is 0 Å². The summed E-state index contributed by atoms with van der Waals surface area (Å²) in [6, 6.07) is 8.28. The zero-order chi connectivity index (χ0) is 18.9. The van der Waals surface area contributed by atoms with Crippen LogP contribution in [-0.4, -0.2) is 26.3 Å². The maximum absolute atomic E-state index is 5.47. The monoisotopic (exact) mass is 364 g/mol. The van der Waals surface area contributed by atoms with Crippen LogP contribution in [0, 0.1) is 6.92 Å². The lowest BCUT2D eigenvalue weighted by molar-refractivity contribution is 0.174. The number of aromatic nitrogens is 4. The summed E-state index contributed by atoms with van der Waals surface area (Å²) in [6.45, 7) is 6.81. The van der Waals surface area contributed by atoms with Crippen LogP contribution >= 0.6 is 0 Å². The molecule has 0 unspecified atom stereocenters. The van der Waals surface area contributed by atoms with Crippen LogP contribution in [0.3, 0.4) is 0 Å². The molecule has 0 atom stereocenters. The van der Waals surface area contributed by atoms with Gasteiger partial charge in [0.2, 0.25) is 12.7 Å². The quantitative estimate of drug-likeness (QED) is 0.661. The number of ether oxygens (including phenoxy) is 2. The molecule has 0 saturated carbocycles. The minimum Gasteiger partial charge on any atom is -0.454 e. The first kappa shape index (κ1) is 17.5. The molecule has 2 aromatic heterocycles. The van der Waals surface area contributed by atoms with Gasteiger partial charge in [-0.1, -0.05) is 19.9 Å². The predicted octanol–water partition coefficient (Wildman–Crippen LogP) is 4.00. The molecule has 0 spiro atoms. The Morgan fingerprint density at radius 3 is 2.78 bits per heavy atom. The normalized spacial score (nSPS) is 13.1. The zero-order valence-electron chi connectivity index (χ0n) is 16.0. The Morgan fingerprint density at radius 1 is 1.11 bits per heavy atom. The van der Waals surface area contributed by atoms with Gasteiger partial charge in [-0.25, -0.2) is 15.0 Å². The lowest BCUT2D eigenvalue weighted by Crippen LogP contribution is -2.21. The van der Waals surface area contributed by atoms with E-state index in [2.05, 4.69) is 42.0 Å². The van der Waals surface area contributed by atoms with Gasteiger partial charge in [0, 0.05) is 23.5 Å². The number of fused-ring (bicyclic) bond motifs is 1. The molecule has 3 aromatic rings. The fourth-order valence-electron chi connectivity index (χ4n) is 3.35. The largest absolute Gasteiger partial charge is 0.454 e. The fourth-order valence-corrected chi connectivity index (χ4v) is 3.35. The molecule has 4 rings (SSSR count). The summed E-state index contributed by atoms with van der Waals surface area (Å²) >= 11 is 0. The van der Waals surface area contributed by atoms with Crippen LogP contribution < -0.4 is 9.47 Å². The van der Waals surface area contributed by atoms with Gasteiger partial charge in [0.05, 0.1) is 5.69 Å². The molecule has 0 bridgehead atoms. The summed E-state index contributed by atoms with van der Waals surface area (Å²) in [5.74, 6) is 2.36. The van der Waals surface area contributed by atoms with Crippen LogP contribution in [0.4, 0.5) is 0 Å². The molecule has 1 aliphatic heterocycles. The van der Waals surface area contributed by atoms with Crippen LogP contribution in [0.25, 0.3) is 5.95 Å². The molecule has 0 aliphatic carbocycles. The van der Waals surface area contributed by atoms with E-state index in [0.29, 0.717) is 12.7 Å². The first-order valence-corrected chi connectivity index (χ1v) is 9.24. The highest BCUT2D eigenvalue weighted by Gasteiger charge is 2.23. The molecular formula is C21H24N4O2. The number of imidazole rings is 1.